The summed E-state index contributed by atoms with van der Waals surface area (Å²) in [4.78, 5) is 11.7. The van der Waals surface area contributed by atoms with Crippen molar-refractivity contribution >= 4 is 16.1 Å². The lowest BCUT2D eigenvalue weighted by atomic mass is 9.92. The van der Waals surface area contributed by atoms with Crippen LogP contribution >= 0.6 is 0 Å². The summed E-state index contributed by atoms with van der Waals surface area (Å²) in [6.45, 7) is 3.28. The second-order valence-electron chi connectivity index (χ2n) is 7.11. The van der Waals surface area contributed by atoms with Crippen LogP contribution in [0.5, 0.6) is 0 Å². The molecule has 8 heteroatoms. The first kappa shape index (κ1) is 21.8. The van der Waals surface area contributed by atoms with Crippen molar-refractivity contribution in [2.24, 2.45) is 11.7 Å². The van der Waals surface area contributed by atoms with E-state index in [-0.39, 0.29) is 22.9 Å². The van der Waals surface area contributed by atoms with Crippen molar-refractivity contribution in [3.63, 3.8) is 0 Å². The summed E-state index contributed by atoms with van der Waals surface area (Å²) >= 11 is 0. The quantitative estimate of drug-likeness (QED) is 0.590. The van der Waals surface area contributed by atoms with Crippen LogP contribution in [0.4, 0.5) is 0 Å². The van der Waals surface area contributed by atoms with Gasteiger partial charge in [0.05, 0.1) is 4.90 Å². The molecule has 2 aliphatic rings. The summed E-state index contributed by atoms with van der Waals surface area (Å²) in [5, 5.41) is 0. The minimum Gasteiger partial charge on any atom is -0.461 e. The van der Waals surface area contributed by atoms with Crippen LogP contribution in [0.15, 0.2) is 29.2 Å². The van der Waals surface area contributed by atoms with Crippen molar-refractivity contribution in [3.05, 3.63) is 29.8 Å². The zero-order valence-electron chi connectivity index (χ0n) is 15.7. The van der Waals surface area contributed by atoms with E-state index in [1.165, 1.54) is 25.0 Å². The number of carbonyl (C=O) groups is 1. The van der Waals surface area contributed by atoms with Crippen molar-refractivity contribution in [1.82, 2.24) is 0 Å². The molecule has 1 aromatic rings. The number of benzene rings is 1. The lowest BCUT2D eigenvalue weighted by molar-refractivity contribution is -0.152. The van der Waals surface area contributed by atoms with Gasteiger partial charge in [0.25, 0.3) is 10.1 Å². The zero-order valence-corrected chi connectivity index (χ0v) is 16.5. The van der Waals surface area contributed by atoms with Crippen LogP contribution in [0.3, 0.4) is 0 Å². The fourth-order valence-electron chi connectivity index (χ4n) is 3.23. The molecule has 3 rings (SSSR count). The Labute approximate surface area is 161 Å². The number of ether oxygens (including phenoxy) is 2. The minimum atomic E-state index is -4.02. The van der Waals surface area contributed by atoms with E-state index in [0.29, 0.717) is 0 Å². The van der Waals surface area contributed by atoms with Crippen molar-refractivity contribution in [1.29, 1.82) is 0 Å². The van der Waals surface area contributed by atoms with Crippen LogP contribution in [-0.4, -0.2) is 44.3 Å². The van der Waals surface area contributed by atoms with Gasteiger partial charge in [-0.05, 0) is 63.5 Å². The summed E-state index contributed by atoms with van der Waals surface area (Å²) in [5.41, 5.74) is 6.90. The molecular weight excluding hydrogens is 370 g/mol. The first-order chi connectivity index (χ1) is 12.8. The fraction of sp³-hybridized carbons (Fsp3) is 0.632. The molecule has 0 amide bonds. The van der Waals surface area contributed by atoms with Crippen LogP contribution in [0, 0.1) is 12.8 Å². The Morgan fingerprint density at radius 3 is 2.22 bits per heavy atom. The van der Waals surface area contributed by atoms with Gasteiger partial charge in [0.1, 0.15) is 12.1 Å². The topological polar surface area (TPSA) is 116 Å². The van der Waals surface area contributed by atoms with Crippen molar-refractivity contribution < 1.29 is 27.2 Å². The Balaban J connectivity index is 0.000000208. The van der Waals surface area contributed by atoms with Crippen molar-refractivity contribution in [2.75, 3.05) is 13.2 Å². The van der Waals surface area contributed by atoms with E-state index in [1.54, 1.807) is 12.1 Å². The van der Waals surface area contributed by atoms with Gasteiger partial charge in [0.2, 0.25) is 0 Å². The molecule has 1 atom stereocenters. The lowest BCUT2D eigenvalue weighted by Crippen LogP contribution is -2.42. The van der Waals surface area contributed by atoms with E-state index in [1.807, 2.05) is 6.92 Å². The number of aryl methyl sites for hydroxylation is 1. The first-order valence-corrected chi connectivity index (χ1v) is 10.8. The molecule has 27 heavy (non-hydrogen) atoms. The molecule has 0 spiro atoms. The third kappa shape index (κ3) is 7.21. The average Bonchev–Trinajstić information content (AvgIpc) is 3.15. The van der Waals surface area contributed by atoms with Gasteiger partial charge in [-0.1, -0.05) is 17.7 Å². The molecule has 1 saturated carbocycles. The second-order valence-corrected chi connectivity index (χ2v) is 8.53. The summed E-state index contributed by atoms with van der Waals surface area (Å²) in [5.74, 6) is 0.0291. The van der Waals surface area contributed by atoms with E-state index < -0.39 is 16.2 Å². The number of esters is 1. The maximum absolute atomic E-state index is 11.8. The molecule has 1 saturated heterocycles. The molecule has 152 valence electrons. The summed E-state index contributed by atoms with van der Waals surface area (Å²) in [6.07, 6.45) is 6.23. The zero-order chi connectivity index (χ0) is 19.9. The number of hydrogen-bond acceptors (Lipinski definition) is 6. The van der Waals surface area contributed by atoms with Crippen LogP contribution in [0.25, 0.3) is 0 Å². The number of rotatable bonds is 4. The molecule has 0 aromatic heterocycles. The van der Waals surface area contributed by atoms with Gasteiger partial charge in [-0.25, -0.2) is 0 Å². The largest absolute Gasteiger partial charge is 0.461 e. The molecule has 7 nitrogen and oxygen atoms in total. The Morgan fingerprint density at radius 1 is 1.15 bits per heavy atom. The van der Waals surface area contributed by atoms with E-state index in [0.717, 1.165) is 44.5 Å². The number of carbonyl (C=O) groups excluding carboxylic acids is 1. The van der Waals surface area contributed by atoms with Gasteiger partial charge in [-0.2, -0.15) is 8.42 Å². The predicted octanol–water partition coefficient (Wildman–Crippen LogP) is 2.47. The van der Waals surface area contributed by atoms with Crippen LogP contribution in [-0.2, 0) is 24.4 Å². The fourth-order valence-corrected chi connectivity index (χ4v) is 3.71. The second kappa shape index (κ2) is 10.2. The third-order valence-corrected chi connectivity index (χ3v) is 5.82. The molecule has 1 aromatic carbocycles. The molecule has 2 fully saturated rings. The molecule has 1 aliphatic heterocycles. The van der Waals surface area contributed by atoms with Crippen LogP contribution in [0.2, 0.25) is 0 Å². The molecule has 0 unspecified atom stereocenters. The highest BCUT2D eigenvalue weighted by atomic mass is 32.2. The maximum atomic E-state index is 11.8. The molecule has 0 bridgehead atoms. The van der Waals surface area contributed by atoms with Gasteiger partial charge < -0.3 is 15.2 Å². The maximum Gasteiger partial charge on any atom is 0.323 e. The number of nitrogens with two attached hydrogens (primary N) is 1. The normalized spacial score (nSPS) is 19.8. The Kier molecular flexibility index (Phi) is 8.22. The molecule has 1 heterocycles. The summed E-state index contributed by atoms with van der Waals surface area (Å²) < 4.78 is 40.2. The highest BCUT2D eigenvalue weighted by molar-refractivity contribution is 7.85. The van der Waals surface area contributed by atoms with E-state index in [4.69, 9.17) is 19.8 Å². The smallest absolute Gasteiger partial charge is 0.323 e. The van der Waals surface area contributed by atoms with E-state index >= 15 is 0 Å². The van der Waals surface area contributed by atoms with E-state index in [2.05, 4.69) is 0 Å². The van der Waals surface area contributed by atoms with Gasteiger partial charge in [0, 0.05) is 13.2 Å². The van der Waals surface area contributed by atoms with Gasteiger partial charge >= 0.3 is 5.97 Å². The van der Waals surface area contributed by atoms with Gasteiger partial charge in [0.15, 0.2) is 0 Å². The monoisotopic (exact) mass is 399 g/mol. The molecule has 1 aliphatic carbocycles. The summed E-state index contributed by atoms with van der Waals surface area (Å²) in [7, 11) is -4.02. The Bertz CT molecular complexity index is 691. The van der Waals surface area contributed by atoms with Crippen molar-refractivity contribution in [2.45, 2.75) is 62.5 Å². The highest BCUT2D eigenvalue weighted by Gasteiger charge is 2.30. The third-order valence-electron chi connectivity index (χ3n) is 4.95. The van der Waals surface area contributed by atoms with Gasteiger partial charge in [-0.3, -0.25) is 9.35 Å². The molecular formula is C19H29NO6S. The van der Waals surface area contributed by atoms with Crippen molar-refractivity contribution in [3.8, 4) is 0 Å². The van der Waals surface area contributed by atoms with E-state index in [9.17, 15) is 13.2 Å². The first-order valence-electron chi connectivity index (χ1n) is 9.35. The molecule has 3 N–H and O–H groups in total. The Hall–Kier alpha value is -1.48. The highest BCUT2D eigenvalue weighted by Crippen LogP contribution is 2.23. The Morgan fingerprint density at radius 2 is 1.70 bits per heavy atom. The SMILES string of the molecule is Cc1ccc(S(=O)(=O)O)cc1.N[C@H](C(=O)OC1CCCC1)C1CCOCC1. The summed E-state index contributed by atoms with van der Waals surface area (Å²) in [6, 6.07) is 5.53. The standard InChI is InChI=1S/C12H21NO3.C7H8O3S/c13-11(9-5-7-15-8-6-9)12(14)16-10-3-1-2-4-10;1-6-2-4-7(5-3-6)11(8,9)10/h9-11H,1-8,13H2;2-5H,1H3,(H,8,9,10)/t11-;/m0./s1. The number of hydrogen-bond donors (Lipinski definition) is 2. The molecule has 0 radical (unpaired) electrons. The van der Waals surface area contributed by atoms with Crippen LogP contribution < -0.4 is 5.73 Å². The van der Waals surface area contributed by atoms with Gasteiger partial charge in [-0.15, -0.1) is 0 Å². The predicted molar refractivity (Wildman–Crippen MR) is 101 cm³/mol. The lowest BCUT2D eigenvalue weighted by Gasteiger charge is -2.27. The minimum absolute atomic E-state index is 0.0666. The average molecular weight is 400 g/mol. The van der Waals surface area contributed by atoms with Crippen LogP contribution in [0.1, 0.15) is 44.1 Å².